The second kappa shape index (κ2) is 6.61. The minimum absolute atomic E-state index is 0.0612. The fraction of sp³-hybridized carbons (Fsp3) is 0.238. The predicted molar refractivity (Wildman–Crippen MR) is 100 cm³/mol. The average Bonchev–Trinajstić information content (AvgIpc) is 3.02. The maximum absolute atomic E-state index is 12.9. The van der Waals surface area contributed by atoms with Crippen LogP contribution in [0.15, 0.2) is 59.8 Å². The molecule has 0 saturated heterocycles. The van der Waals surface area contributed by atoms with Gasteiger partial charge in [0, 0.05) is 17.4 Å². The Hall–Kier alpha value is -2.59. The SMILES string of the molecule is CCc1ccc(C2CC(=O)N(c3cccc(Cl)c3)C3=C2C(=O)OC3)cc1. The number of esters is 1. The minimum Gasteiger partial charge on any atom is -0.456 e. The number of ether oxygens (including phenoxy) is 1. The van der Waals surface area contributed by atoms with E-state index >= 15 is 0 Å². The van der Waals surface area contributed by atoms with Gasteiger partial charge in [-0.15, -0.1) is 0 Å². The molecule has 2 aliphatic rings. The Balaban J connectivity index is 1.80. The van der Waals surface area contributed by atoms with Crippen LogP contribution in [-0.4, -0.2) is 18.5 Å². The second-order valence-corrected chi connectivity index (χ2v) is 6.93. The van der Waals surface area contributed by atoms with Crippen LogP contribution in [0, 0.1) is 0 Å². The first kappa shape index (κ1) is 16.9. The zero-order chi connectivity index (χ0) is 18.3. The quantitative estimate of drug-likeness (QED) is 0.762. The highest BCUT2D eigenvalue weighted by Crippen LogP contribution is 2.42. The number of hydrogen-bond donors (Lipinski definition) is 0. The molecule has 132 valence electrons. The van der Waals surface area contributed by atoms with E-state index in [1.54, 1.807) is 23.1 Å². The van der Waals surface area contributed by atoms with Crippen LogP contribution in [0.25, 0.3) is 0 Å². The predicted octanol–water partition coefficient (Wildman–Crippen LogP) is 4.23. The molecule has 4 rings (SSSR count). The Labute approximate surface area is 157 Å². The smallest absolute Gasteiger partial charge is 0.336 e. The molecule has 0 fully saturated rings. The average molecular weight is 368 g/mol. The second-order valence-electron chi connectivity index (χ2n) is 6.50. The van der Waals surface area contributed by atoms with E-state index in [0.29, 0.717) is 22.0 Å². The lowest BCUT2D eigenvalue weighted by atomic mass is 9.83. The zero-order valence-corrected chi connectivity index (χ0v) is 15.1. The van der Waals surface area contributed by atoms with Crippen LogP contribution < -0.4 is 4.90 Å². The van der Waals surface area contributed by atoms with Gasteiger partial charge in [-0.3, -0.25) is 9.69 Å². The number of hydrogen-bond acceptors (Lipinski definition) is 3. The van der Waals surface area contributed by atoms with Crippen molar-refractivity contribution in [2.45, 2.75) is 25.7 Å². The van der Waals surface area contributed by atoms with Crippen LogP contribution in [0.4, 0.5) is 5.69 Å². The van der Waals surface area contributed by atoms with E-state index in [2.05, 4.69) is 6.92 Å². The van der Waals surface area contributed by atoms with Gasteiger partial charge < -0.3 is 4.74 Å². The Kier molecular flexibility index (Phi) is 4.29. The molecule has 2 aromatic carbocycles. The van der Waals surface area contributed by atoms with E-state index in [4.69, 9.17) is 16.3 Å². The van der Waals surface area contributed by atoms with E-state index in [1.807, 2.05) is 30.3 Å². The number of halogens is 1. The number of carbonyl (C=O) groups is 2. The lowest BCUT2D eigenvalue weighted by Gasteiger charge is -2.32. The van der Waals surface area contributed by atoms with Crippen LogP contribution >= 0.6 is 11.6 Å². The van der Waals surface area contributed by atoms with Crippen molar-refractivity contribution in [2.75, 3.05) is 11.5 Å². The molecule has 0 saturated carbocycles. The lowest BCUT2D eigenvalue weighted by Crippen LogP contribution is -2.37. The third kappa shape index (κ3) is 2.80. The van der Waals surface area contributed by atoms with Gasteiger partial charge in [-0.25, -0.2) is 4.79 Å². The molecule has 0 radical (unpaired) electrons. The highest BCUT2D eigenvalue weighted by Gasteiger charge is 2.42. The summed E-state index contributed by atoms with van der Waals surface area (Å²) in [5, 5.41) is 0.542. The molecule has 0 spiro atoms. The van der Waals surface area contributed by atoms with E-state index in [9.17, 15) is 9.59 Å². The molecule has 1 atom stereocenters. The molecule has 2 aliphatic heterocycles. The summed E-state index contributed by atoms with van der Waals surface area (Å²) in [6.07, 6.45) is 1.17. The highest BCUT2D eigenvalue weighted by molar-refractivity contribution is 6.31. The molecule has 1 unspecified atom stereocenters. The van der Waals surface area contributed by atoms with E-state index in [-0.39, 0.29) is 30.8 Å². The molecule has 26 heavy (non-hydrogen) atoms. The van der Waals surface area contributed by atoms with Gasteiger partial charge in [0.05, 0.1) is 17.0 Å². The maximum atomic E-state index is 12.9. The monoisotopic (exact) mass is 367 g/mol. The van der Waals surface area contributed by atoms with Crippen molar-refractivity contribution in [1.29, 1.82) is 0 Å². The van der Waals surface area contributed by atoms with Gasteiger partial charge in [0.15, 0.2) is 0 Å². The van der Waals surface area contributed by atoms with Crippen molar-refractivity contribution in [3.63, 3.8) is 0 Å². The van der Waals surface area contributed by atoms with Gasteiger partial charge in [-0.1, -0.05) is 48.9 Å². The summed E-state index contributed by atoms with van der Waals surface area (Å²) in [5.74, 6) is -0.674. The molecule has 0 bridgehead atoms. The Morgan fingerprint density at radius 1 is 1.15 bits per heavy atom. The first-order chi connectivity index (χ1) is 12.6. The van der Waals surface area contributed by atoms with Gasteiger partial charge in [0.25, 0.3) is 0 Å². The maximum Gasteiger partial charge on any atom is 0.336 e. The Bertz CT molecular complexity index is 917. The zero-order valence-electron chi connectivity index (χ0n) is 14.4. The van der Waals surface area contributed by atoms with Crippen LogP contribution in [-0.2, 0) is 20.7 Å². The summed E-state index contributed by atoms with van der Waals surface area (Å²) in [6, 6.07) is 15.2. The third-order valence-electron chi connectivity index (χ3n) is 4.97. The topological polar surface area (TPSA) is 46.6 Å². The number of rotatable bonds is 3. The van der Waals surface area contributed by atoms with Crippen molar-refractivity contribution in [1.82, 2.24) is 0 Å². The number of cyclic esters (lactones) is 1. The summed E-state index contributed by atoms with van der Waals surface area (Å²) < 4.78 is 5.29. The number of carbonyl (C=O) groups excluding carboxylic acids is 2. The normalized spacial score (nSPS) is 19.6. The van der Waals surface area contributed by atoms with Gasteiger partial charge in [0.1, 0.15) is 6.61 Å². The minimum atomic E-state index is -0.343. The van der Waals surface area contributed by atoms with Crippen molar-refractivity contribution in [3.05, 3.63) is 76.0 Å². The first-order valence-electron chi connectivity index (χ1n) is 8.66. The number of nitrogens with zero attached hydrogens (tertiary/aromatic N) is 1. The largest absolute Gasteiger partial charge is 0.456 e. The molecule has 1 amide bonds. The van der Waals surface area contributed by atoms with Crippen molar-refractivity contribution in [3.8, 4) is 0 Å². The van der Waals surface area contributed by atoms with Crippen LogP contribution in [0.2, 0.25) is 5.02 Å². The highest BCUT2D eigenvalue weighted by atomic mass is 35.5. The number of anilines is 1. The number of aryl methyl sites for hydroxylation is 1. The molecule has 0 aliphatic carbocycles. The third-order valence-corrected chi connectivity index (χ3v) is 5.21. The molecule has 2 aromatic rings. The van der Waals surface area contributed by atoms with Crippen LogP contribution in [0.5, 0.6) is 0 Å². The number of amides is 1. The van der Waals surface area contributed by atoms with Crippen molar-refractivity contribution in [2.24, 2.45) is 0 Å². The first-order valence-corrected chi connectivity index (χ1v) is 9.03. The molecular weight excluding hydrogens is 350 g/mol. The number of benzene rings is 2. The molecule has 0 aromatic heterocycles. The van der Waals surface area contributed by atoms with Crippen molar-refractivity contribution >= 4 is 29.2 Å². The molecule has 2 heterocycles. The molecule has 5 heteroatoms. The molecule has 0 N–H and O–H groups in total. The standard InChI is InChI=1S/C21H18ClNO3/c1-2-13-6-8-14(9-7-13)17-11-19(24)23(16-5-3-4-15(22)10-16)18-12-26-21(25)20(17)18/h3-10,17H,2,11-12H2,1H3. The van der Waals surface area contributed by atoms with E-state index < -0.39 is 0 Å². The fourth-order valence-corrected chi connectivity index (χ4v) is 3.82. The summed E-state index contributed by atoms with van der Waals surface area (Å²) in [6.45, 7) is 2.20. The lowest BCUT2D eigenvalue weighted by molar-refractivity contribution is -0.136. The van der Waals surface area contributed by atoms with Crippen molar-refractivity contribution < 1.29 is 14.3 Å². The van der Waals surface area contributed by atoms with Gasteiger partial charge in [-0.2, -0.15) is 0 Å². The van der Waals surface area contributed by atoms with E-state index in [0.717, 1.165) is 12.0 Å². The van der Waals surface area contributed by atoms with Gasteiger partial charge >= 0.3 is 5.97 Å². The summed E-state index contributed by atoms with van der Waals surface area (Å²) in [4.78, 5) is 26.9. The molecule has 4 nitrogen and oxygen atoms in total. The van der Waals surface area contributed by atoms with E-state index in [1.165, 1.54) is 5.56 Å². The van der Waals surface area contributed by atoms with Gasteiger partial charge in [-0.05, 0) is 35.7 Å². The van der Waals surface area contributed by atoms with Crippen LogP contribution in [0.3, 0.4) is 0 Å². The van der Waals surface area contributed by atoms with Gasteiger partial charge in [0.2, 0.25) is 5.91 Å². The fourth-order valence-electron chi connectivity index (χ4n) is 3.64. The summed E-state index contributed by atoms with van der Waals surface area (Å²) in [5.41, 5.74) is 4.05. The summed E-state index contributed by atoms with van der Waals surface area (Å²) in [7, 11) is 0. The Morgan fingerprint density at radius 2 is 1.92 bits per heavy atom. The Morgan fingerprint density at radius 3 is 2.62 bits per heavy atom. The molecular formula is C21H18ClNO3. The van der Waals surface area contributed by atoms with Crippen LogP contribution in [0.1, 0.15) is 30.4 Å². The summed E-state index contributed by atoms with van der Waals surface area (Å²) >= 11 is 6.08.